The fourth-order valence-electron chi connectivity index (χ4n) is 3.85. The number of hydrogen-bond donors (Lipinski definition) is 1. The van der Waals surface area contributed by atoms with Gasteiger partial charge in [-0.2, -0.15) is 0 Å². The lowest BCUT2D eigenvalue weighted by Crippen LogP contribution is -2.34. The molecule has 25 heavy (non-hydrogen) atoms. The molecule has 4 rings (SSSR count). The van der Waals surface area contributed by atoms with Crippen LogP contribution in [0.1, 0.15) is 35.6 Å². The predicted molar refractivity (Wildman–Crippen MR) is 97.3 cm³/mol. The molecule has 0 spiro atoms. The Kier molecular flexibility index (Phi) is 4.04. The van der Waals surface area contributed by atoms with Crippen LogP contribution < -0.4 is 10.2 Å². The maximum Gasteiger partial charge on any atom is 0.227 e. The van der Waals surface area contributed by atoms with Gasteiger partial charge in [0.15, 0.2) is 0 Å². The number of benzene rings is 2. The average molecular weight is 334 g/mol. The Labute approximate surface area is 147 Å². The Balaban J connectivity index is 1.44. The van der Waals surface area contributed by atoms with E-state index in [9.17, 15) is 9.59 Å². The fraction of sp³-hybridized carbons (Fsp3) is 0.333. The second-order valence-corrected chi connectivity index (χ2v) is 7.04. The van der Waals surface area contributed by atoms with E-state index in [1.165, 1.54) is 11.1 Å². The summed E-state index contributed by atoms with van der Waals surface area (Å²) in [5.41, 5.74) is 4.56. The first-order chi connectivity index (χ1) is 12.1. The van der Waals surface area contributed by atoms with E-state index in [-0.39, 0.29) is 30.2 Å². The molecular formula is C21H22N2O2. The van der Waals surface area contributed by atoms with Gasteiger partial charge in [0.2, 0.25) is 11.8 Å². The summed E-state index contributed by atoms with van der Waals surface area (Å²) in [7, 11) is 0. The summed E-state index contributed by atoms with van der Waals surface area (Å²) >= 11 is 0. The van der Waals surface area contributed by atoms with Crippen molar-refractivity contribution in [3.05, 3.63) is 65.2 Å². The van der Waals surface area contributed by atoms with E-state index in [0.717, 1.165) is 24.1 Å². The number of rotatable bonds is 3. The molecule has 2 atom stereocenters. The third-order valence-corrected chi connectivity index (χ3v) is 5.29. The molecule has 0 aromatic heterocycles. The highest BCUT2D eigenvalue weighted by Crippen LogP contribution is 2.32. The third kappa shape index (κ3) is 3.04. The van der Waals surface area contributed by atoms with Crippen LogP contribution in [0.2, 0.25) is 0 Å². The Morgan fingerprint density at radius 1 is 1.12 bits per heavy atom. The van der Waals surface area contributed by atoms with Crippen LogP contribution in [-0.2, 0) is 16.0 Å². The van der Waals surface area contributed by atoms with Crippen molar-refractivity contribution >= 4 is 17.5 Å². The van der Waals surface area contributed by atoms with Crippen LogP contribution >= 0.6 is 0 Å². The molecule has 2 amide bonds. The van der Waals surface area contributed by atoms with Gasteiger partial charge in [-0.05, 0) is 43.0 Å². The topological polar surface area (TPSA) is 49.4 Å². The molecule has 0 bridgehead atoms. The maximum atomic E-state index is 12.7. The van der Waals surface area contributed by atoms with Gasteiger partial charge in [-0.1, -0.05) is 42.0 Å². The van der Waals surface area contributed by atoms with Crippen LogP contribution in [0, 0.1) is 12.8 Å². The first-order valence-electron chi connectivity index (χ1n) is 8.87. The molecule has 1 aliphatic heterocycles. The van der Waals surface area contributed by atoms with E-state index < -0.39 is 0 Å². The Bertz CT molecular complexity index is 813. The summed E-state index contributed by atoms with van der Waals surface area (Å²) in [6, 6.07) is 16.2. The Hall–Kier alpha value is -2.62. The lowest BCUT2D eigenvalue weighted by atomic mass is 10.1. The van der Waals surface area contributed by atoms with Crippen molar-refractivity contribution in [1.82, 2.24) is 5.32 Å². The minimum atomic E-state index is -0.276. The number of carbonyl (C=O) groups excluding carboxylic acids is 2. The van der Waals surface area contributed by atoms with Gasteiger partial charge >= 0.3 is 0 Å². The van der Waals surface area contributed by atoms with Crippen molar-refractivity contribution in [2.45, 2.75) is 32.2 Å². The normalized spacial score (nSPS) is 22.1. The quantitative estimate of drug-likeness (QED) is 0.937. The molecule has 4 heteroatoms. The highest BCUT2D eigenvalue weighted by atomic mass is 16.2. The van der Waals surface area contributed by atoms with Crippen molar-refractivity contribution in [3.63, 3.8) is 0 Å². The van der Waals surface area contributed by atoms with Crippen LogP contribution in [0.25, 0.3) is 0 Å². The van der Waals surface area contributed by atoms with Gasteiger partial charge < -0.3 is 10.2 Å². The van der Waals surface area contributed by atoms with Crippen LogP contribution in [0.15, 0.2) is 48.5 Å². The summed E-state index contributed by atoms with van der Waals surface area (Å²) in [5.74, 6) is -0.262. The van der Waals surface area contributed by atoms with E-state index in [1.54, 1.807) is 4.90 Å². The molecule has 1 N–H and O–H groups in total. The van der Waals surface area contributed by atoms with Crippen LogP contribution in [0.5, 0.6) is 0 Å². The number of anilines is 1. The summed E-state index contributed by atoms with van der Waals surface area (Å²) in [5, 5.41) is 3.16. The van der Waals surface area contributed by atoms with E-state index in [4.69, 9.17) is 0 Å². The van der Waals surface area contributed by atoms with Crippen LogP contribution in [0.3, 0.4) is 0 Å². The minimum absolute atomic E-state index is 0.00957. The minimum Gasteiger partial charge on any atom is -0.349 e. The van der Waals surface area contributed by atoms with Gasteiger partial charge in [-0.15, -0.1) is 0 Å². The zero-order valence-electron chi connectivity index (χ0n) is 14.4. The van der Waals surface area contributed by atoms with E-state index in [2.05, 4.69) is 17.4 Å². The molecule has 0 saturated carbocycles. The largest absolute Gasteiger partial charge is 0.349 e. The molecule has 2 aromatic carbocycles. The molecule has 128 valence electrons. The molecule has 1 fully saturated rings. The molecule has 4 nitrogen and oxygen atoms in total. The monoisotopic (exact) mass is 334 g/mol. The van der Waals surface area contributed by atoms with Crippen molar-refractivity contribution < 1.29 is 9.59 Å². The molecule has 0 radical (unpaired) electrons. The number of carbonyl (C=O) groups is 2. The van der Waals surface area contributed by atoms with Crippen LogP contribution in [-0.4, -0.2) is 18.4 Å². The zero-order valence-corrected chi connectivity index (χ0v) is 14.4. The van der Waals surface area contributed by atoms with Crippen molar-refractivity contribution in [1.29, 1.82) is 0 Å². The summed E-state index contributed by atoms with van der Waals surface area (Å²) in [6.07, 6.45) is 2.22. The number of nitrogens with one attached hydrogen (secondary N) is 1. The Morgan fingerprint density at radius 3 is 2.68 bits per heavy atom. The first-order valence-corrected chi connectivity index (χ1v) is 8.87. The number of amides is 2. The Morgan fingerprint density at radius 2 is 1.88 bits per heavy atom. The van der Waals surface area contributed by atoms with Crippen LogP contribution in [0.4, 0.5) is 5.69 Å². The third-order valence-electron chi connectivity index (χ3n) is 5.29. The lowest BCUT2D eigenvalue weighted by molar-refractivity contribution is -0.127. The van der Waals surface area contributed by atoms with Gasteiger partial charge in [-0.3, -0.25) is 9.59 Å². The number of nitrogens with zero attached hydrogens (tertiary/aromatic N) is 1. The predicted octanol–water partition coefficient (Wildman–Crippen LogP) is 3.15. The molecule has 1 aliphatic carbocycles. The molecule has 1 heterocycles. The summed E-state index contributed by atoms with van der Waals surface area (Å²) < 4.78 is 0. The van der Waals surface area contributed by atoms with Gasteiger partial charge in [0.1, 0.15) is 0 Å². The molecule has 2 aliphatic rings. The highest BCUT2D eigenvalue weighted by Gasteiger charge is 2.36. The smallest absolute Gasteiger partial charge is 0.227 e. The SMILES string of the molecule is Cc1ccc(N2CC(C(=O)NC3CCc4ccccc43)CC2=O)cc1. The van der Waals surface area contributed by atoms with E-state index >= 15 is 0 Å². The average Bonchev–Trinajstić information content (AvgIpc) is 3.20. The zero-order chi connectivity index (χ0) is 17.4. The molecule has 1 saturated heterocycles. The van der Waals surface area contributed by atoms with Gasteiger partial charge in [0.25, 0.3) is 0 Å². The van der Waals surface area contributed by atoms with Crippen molar-refractivity contribution in [2.75, 3.05) is 11.4 Å². The van der Waals surface area contributed by atoms with E-state index in [1.807, 2.05) is 43.3 Å². The van der Waals surface area contributed by atoms with Gasteiger partial charge in [0.05, 0.1) is 12.0 Å². The van der Waals surface area contributed by atoms with Gasteiger partial charge in [-0.25, -0.2) is 0 Å². The standard InChI is InChI=1S/C21H22N2O2/c1-14-6-9-17(10-7-14)23-13-16(12-20(23)24)21(25)22-19-11-8-15-4-2-3-5-18(15)19/h2-7,9-10,16,19H,8,11-13H2,1H3,(H,22,25). The summed E-state index contributed by atoms with van der Waals surface area (Å²) in [4.78, 5) is 26.8. The molecule has 2 unspecified atom stereocenters. The van der Waals surface area contributed by atoms with Crippen molar-refractivity contribution in [2.24, 2.45) is 5.92 Å². The highest BCUT2D eigenvalue weighted by molar-refractivity contribution is 6.00. The number of fused-ring (bicyclic) bond motifs is 1. The first kappa shape index (κ1) is 15.9. The van der Waals surface area contributed by atoms with Gasteiger partial charge in [0, 0.05) is 18.7 Å². The second-order valence-electron chi connectivity index (χ2n) is 7.04. The number of aryl methyl sites for hydroxylation is 2. The van der Waals surface area contributed by atoms with Crippen molar-refractivity contribution in [3.8, 4) is 0 Å². The number of hydrogen-bond acceptors (Lipinski definition) is 2. The lowest BCUT2D eigenvalue weighted by Gasteiger charge is -2.19. The fourth-order valence-corrected chi connectivity index (χ4v) is 3.85. The second kappa shape index (κ2) is 6.36. The van der Waals surface area contributed by atoms with E-state index in [0.29, 0.717) is 6.54 Å². The molecular weight excluding hydrogens is 312 g/mol. The summed E-state index contributed by atoms with van der Waals surface area (Å²) in [6.45, 7) is 2.48. The molecule has 2 aromatic rings. The maximum absolute atomic E-state index is 12.7.